The quantitative estimate of drug-likeness (QED) is 0.481. The van der Waals surface area contributed by atoms with E-state index in [0.29, 0.717) is 20.6 Å². The molecule has 0 unspecified atom stereocenters. The molecule has 0 aromatic heterocycles. The van der Waals surface area contributed by atoms with Gasteiger partial charge in [0.15, 0.2) is 0 Å². The first-order valence-corrected chi connectivity index (χ1v) is 7.82. The lowest BCUT2D eigenvalue weighted by Crippen LogP contribution is -2.14. The van der Waals surface area contributed by atoms with Crippen molar-refractivity contribution in [3.8, 4) is 0 Å². The van der Waals surface area contributed by atoms with Gasteiger partial charge in [-0.05, 0) is 24.3 Å². The van der Waals surface area contributed by atoms with E-state index in [2.05, 4.69) is 5.32 Å². The predicted octanol–water partition coefficient (Wildman–Crippen LogP) is 4.63. The Morgan fingerprint density at radius 2 is 2.00 bits per heavy atom. The van der Waals surface area contributed by atoms with Crippen LogP contribution in [0.3, 0.4) is 0 Å². The standard InChI is InChI=1S/C14H10Cl2N2O3S/c15-9-4-5-12(16)13(6-9)22-8-14(19)17-10-2-1-3-11(7-10)18(20)21/h1-7H,8H2,(H,17,19). The summed E-state index contributed by atoms with van der Waals surface area (Å²) in [6.45, 7) is 0. The predicted molar refractivity (Wildman–Crippen MR) is 88.9 cm³/mol. The van der Waals surface area contributed by atoms with Gasteiger partial charge in [-0.1, -0.05) is 29.3 Å². The van der Waals surface area contributed by atoms with Gasteiger partial charge in [0.05, 0.1) is 15.7 Å². The van der Waals surface area contributed by atoms with Crippen molar-refractivity contribution in [2.75, 3.05) is 11.1 Å². The van der Waals surface area contributed by atoms with Crippen LogP contribution in [-0.2, 0) is 4.79 Å². The summed E-state index contributed by atoms with van der Waals surface area (Å²) in [5, 5.41) is 14.3. The molecule has 0 heterocycles. The summed E-state index contributed by atoms with van der Waals surface area (Å²) in [4.78, 5) is 22.7. The highest BCUT2D eigenvalue weighted by Crippen LogP contribution is 2.30. The van der Waals surface area contributed by atoms with Crippen LogP contribution in [0.15, 0.2) is 47.4 Å². The first-order valence-electron chi connectivity index (χ1n) is 6.08. The summed E-state index contributed by atoms with van der Waals surface area (Å²) in [5.74, 6) is -0.176. The van der Waals surface area contributed by atoms with Crippen molar-refractivity contribution < 1.29 is 9.72 Å². The number of nitro groups is 1. The molecule has 0 bridgehead atoms. The van der Waals surface area contributed by atoms with Crippen LogP contribution in [0.2, 0.25) is 10.0 Å². The van der Waals surface area contributed by atoms with Crippen molar-refractivity contribution in [2.24, 2.45) is 0 Å². The average molecular weight is 357 g/mol. The van der Waals surface area contributed by atoms with E-state index < -0.39 is 4.92 Å². The van der Waals surface area contributed by atoms with Crippen LogP contribution in [0.1, 0.15) is 0 Å². The number of nitro benzene ring substituents is 1. The molecule has 1 N–H and O–H groups in total. The Morgan fingerprint density at radius 3 is 2.73 bits per heavy atom. The summed E-state index contributed by atoms with van der Waals surface area (Å²) in [6.07, 6.45) is 0. The lowest BCUT2D eigenvalue weighted by Gasteiger charge is -2.06. The fourth-order valence-electron chi connectivity index (χ4n) is 1.63. The number of benzene rings is 2. The van der Waals surface area contributed by atoms with Crippen molar-refractivity contribution in [2.45, 2.75) is 4.90 Å². The number of rotatable bonds is 5. The molecule has 0 radical (unpaired) electrons. The Balaban J connectivity index is 1.97. The molecule has 1 amide bonds. The summed E-state index contributed by atoms with van der Waals surface area (Å²) in [5.41, 5.74) is 0.292. The number of nitrogens with zero attached hydrogens (tertiary/aromatic N) is 1. The van der Waals surface area contributed by atoms with Crippen molar-refractivity contribution in [1.82, 2.24) is 0 Å². The number of nitrogens with one attached hydrogen (secondary N) is 1. The molecule has 0 atom stereocenters. The number of hydrogen-bond donors (Lipinski definition) is 1. The van der Waals surface area contributed by atoms with Crippen LogP contribution in [0.25, 0.3) is 0 Å². The Kier molecular flexibility index (Phi) is 5.65. The molecule has 0 fully saturated rings. The smallest absolute Gasteiger partial charge is 0.271 e. The summed E-state index contributed by atoms with van der Waals surface area (Å²) >= 11 is 13.1. The molecule has 2 aromatic rings. The van der Waals surface area contributed by atoms with E-state index in [9.17, 15) is 14.9 Å². The van der Waals surface area contributed by atoms with Crippen LogP contribution in [0.4, 0.5) is 11.4 Å². The molecule has 22 heavy (non-hydrogen) atoms. The number of non-ortho nitro benzene ring substituents is 1. The zero-order chi connectivity index (χ0) is 16.1. The van der Waals surface area contributed by atoms with E-state index in [1.165, 1.54) is 30.0 Å². The van der Waals surface area contributed by atoms with Gasteiger partial charge in [0.25, 0.3) is 5.69 Å². The second kappa shape index (κ2) is 7.49. The normalized spacial score (nSPS) is 10.3. The molecule has 0 saturated heterocycles. The SMILES string of the molecule is O=C(CSc1cc(Cl)ccc1Cl)Nc1cccc([N+](=O)[O-])c1. The topological polar surface area (TPSA) is 72.2 Å². The summed E-state index contributed by atoms with van der Waals surface area (Å²) in [6, 6.07) is 10.7. The second-order valence-electron chi connectivity index (χ2n) is 4.22. The minimum Gasteiger partial charge on any atom is -0.325 e. The molecule has 0 spiro atoms. The number of amides is 1. The van der Waals surface area contributed by atoms with Crippen LogP contribution >= 0.6 is 35.0 Å². The first-order chi connectivity index (χ1) is 10.5. The third kappa shape index (κ3) is 4.62. The van der Waals surface area contributed by atoms with Gasteiger partial charge in [0.2, 0.25) is 5.91 Å². The van der Waals surface area contributed by atoms with E-state index in [0.717, 1.165) is 0 Å². The van der Waals surface area contributed by atoms with Crippen molar-refractivity contribution in [3.05, 3.63) is 62.6 Å². The molecule has 0 saturated carbocycles. The van der Waals surface area contributed by atoms with Crippen LogP contribution in [-0.4, -0.2) is 16.6 Å². The highest BCUT2D eigenvalue weighted by Gasteiger charge is 2.10. The van der Waals surface area contributed by atoms with Gasteiger partial charge in [-0.15, -0.1) is 11.8 Å². The fraction of sp³-hybridized carbons (Fsp3) is 0.0714. The van der Waals surface area contributed by atoms with Gasteiger partial charge in [0, 0.05) is 27.7 Å². The van der Waals surface area contributed by atoms with Gasteiger partial charge >= 0.3 is 0 Å². The maximum absolute atomic E-state index is 11.9. The number of carbonyl (C=O) groups excluding carboxylic acids is 1. The molecule has 5 nitrogen and oxygen atoms in total. The first kappa shape index (κ1) is 16.6. The molecular weight excluding hydrogens is 347 g/mol. The Morgan fingerprint density at radius 1 is 1.23 bits per heavy atom. The van der Waals surface area contributed by atoms with E-state index in [4.69, 9.17) is 23.2 Å². The van der Waals surface area contributed by atoms with Gasteiger partial charge in [-0.2, -0.15) is 0 Å². The van der Waals surface area contributed by atoms with E-state index >= 15 is 0 Å². The second-order valence-corrected chi connectivity index (χ2v) is 6.08. The third-order valence-corrected chi connectivity index (χ3v) is 4.32. The summed E-state index contributed by atoms with van der Waals surface area (Å²) < 4.78 is 0. The van der Waals surface area contributed by atoms with Crippen LogP contribution in [0.5, 0.6) is 0 Å². The van der Waals surface area contributed by atoms with E-state index in [1.54, 1.807) is 24.3 Å². The molecular formula is C14H10Cl2N2O3S. The lowest BCUT2D eigenvalue weighted by molar-refractivity contribution is -0.384. The fourth-order valence-corrected chi connectivity index (χ4v) is 2.92. The maximum atomic E-state index is 11.9. The zero-order valence-electron chi connectivity index (χ0n) is 11.1. The molecule has 2 aromatic carbocycles. The Bertz CT molecular complexity index is 725. The van der Waals surface area contributed by atoms with E-state index in [-0.39, 0.29) is 17.3 Å². The number of anilines is 1. The van der Waals surface area contributed by atoms with Gasteiger partial charge in [-0.3, -0.25) is 14.9 Å². The zero-order valence-corrected chi connectivity index (χ0v) is 13.4. The van der Waals surface area contributed by atoms with Gasteiger partial charge in [0.1, 0.15) is 0 Å². The molecule has 8 heteroatoms. The number of thioether (sulfide) groups is 1. The van der Waals surface area contributed by atoms with Crippen LogP contribution < -0.4 is 5.32 Å². The molecule has 114 valence electrons. The minimum absolute atomic E-state index is 0.0802. The van der Waals surface area contributed by atoms with Crippen molar-refractivity contribution in [1.29, 1.82) is 0 Å². The molecule has 2 rings (SSSR count). The molecule has 0 aliphatic carbocycles. The Labute approximate surface area is 140 Å². The maximum Gasteiger partial charge on any atom is 0.271 e. The largest absolute Gasteiger partial charge is 0.325 e. The van der Waals surface area contributed by atoms with E-state index in [1.807, 2.05) is 0 Å². The molecule has 0 aliphatic rings. The number of halogens is 2. The number of carbonyl (C=O) groups is 1. The Hall–Kier alpha value is -1.76. The molecule has 0 aliphatic heterocycles. The monoisotopic (exact) mass is 356 g/mol. The third-order valence-electron chi connectivity index (χ3n) is 2.59. The van der Waals surface area contributed by atoms with Gasteiger partial charge < -0.3 is 5.32 Å². The van der Waals surface area contributed by atoms with Crippen molar-refractivity contribution >= 4 is 52.2 Å². The van der Waals surface area contributed by atoms with Crippen LogP contribution in [0, 0.1) is 10.1 Å². The summed E-state index contributed by atoms with van der Waals surface area (Å²) in [7, 11) is 0. The highest BCUT2D eigenvalue weighted by atomic mass is 35.5. The van der Waals surface area contributed by atoms with Gasteiger partial charge in [-0.25, -0.2) is 0 Å². The lowest BCUT2D eigenvalue weighted by atomic mass is 10.3. The number of hydrogen-bond acceptors (Lipinski definition) is 4. The van der Waals surface area contributed by atoms with Crippen molar-refractivity contribution in [3.63, 3.8) is 0 Å². The average Bonchev–Trinajstić information content (AvgIpc) is 2.48. The minimum atomic E-state index is -0.518. The highest BCUT2D eigenvalue weighted by molar-refractivity contribution is 8.00.